The predicted octanol–water partition coefficient (Wildman–Crippen LogP) is 4.64. The van der Waals surface area contributed by atoms with Gasteiger partial charge in [-0.2, -0.15) is 0 Å². The van der Waals surface area contributed by atoms with Crippen LogP contribution >= 0.6 is 7.51 Å². The van der Waals surface area contributed by atoms with Crippen molar-refractivity contribution in [3.05, 3.63) is 72.8 Å². The van der Waals surface area contributed by atoms with E-state index in [9.17, 15) is 0 Å². The fraction of sp³-hybridized carbons (Fsp3) is 0.0588. The molecule has 2 aliphatic heterocycles. The Hall–Kier alpha value is -2.45. The Labute approximate surface area is 127 Å². The number of allylic oxidation sites excluding steroid dienone is 4. The van der Waals surface area contributed by atoms with Crippen LogP contribution < -0.4 is 18.1 Å². The zero-order valence-electron chi connectivity index (χ0n) is 11.6. The molecule has 0 amide bonds. The van der Waals surface area contributed by atoms with E-state index in [2.05, 4.69) is 0 Å². The molecule has 1 aliphatic carbocycles. The topological polar surface area (TPSA) is 36.9 Å². The Morgan fingerprint density at radius 3 is 1.32 bits per heavy atom. The van der Waals surface area contributed by atoms with E-state index in [1.807, 2.05) is 72.8 Å². The van der Waals surface area contributed by atoms with Crippen molar-refractivity contribution in [1.29, 1.82) is 0 Å². The van der Waals surface area contributed by atoms with Gasteiger partial charge in [0.2, 0.25) is 0 Å². The van der Waals surface area contributed by atoms with E-state index in [0.717, 1.165) is 0 Å². The van der Waals surface area contributed by atoms with Crippen molar-refractivity contribution in [2.45, 2.75) is 5.66 Å². The molecule has 5 rings (SSSR count). The second kappa shape index (κ2) is 3.84. The third kappa shape index (κ3) is 1.40. The molecule has 4 nitrogen and oxygen atoms in total. The minimum atomic E-state index is -3.86. The van der Waals surface area contributed by atoms with Crippen molar-refractivity contribution >= 4 is 7.51 Å². The van der Waals surface area contributed by atoms with Crippen molar-refractivity contribution in [3.63, 3.8) is 0 Å². The van der Waals surface area contributed by atoms with E-state index < -0.39 is 7.51 Å². The van der Waals surface area contributed by atoms with Crippen LogP contribution in [0.2, 0.25) is 0 Å². The van der Waals surface area contributed by atoms with E-state index in [0.29, 0.717) is 23.0 Å². The Morgan fingerprint density at radius 1 is 0.591 bits per heavy atom. The molecule has 0 atom stereocenters. The second-order valence-corrected chi connectivity index (χ2v) is 8.45. The number of hydrogen-bond acceptors (Lipinski definition) is 4. The number of hydrogen-bond donors (Lipinski definition) is 0. The molecule has 0 unspecified atom stereocenters. The summed E-state index contributed by atoms with van der Waals surface area (Å²) in [4.78, 5) is 0. The van der Waals surface area contributed by atoms with Gasteiger partial charge in [-0.05, 0) is 0 Å². The normalized spacial score (nSPS) is 23.5. The van der Waals surface area contributed by atoms with Gasteiger partial charge in [-0.15, -0.1) is 0 Å². The fourth-order valence-electron chi connectivity index (χ4n) is 2.97. The molecular formula is C17H13O4P. The van der Waals surface area contributed by atoms with Gasteiger partial charge < -0.3 is 0 Å². The minimum absolute atomic E-state index is 0.203. The SMILES string of the molecule is C1=CC(P23(Oc4ccccc4O2)Oc2ccccc2O3)C=C1. The molecule has 110 valence electrons. The molecule has 5 heteroatoms. The second-order valence-electron chi connectivity index (χ2n) is 5.39. The predicted molar refractivity (Wildman–Crippen MR) is 84.4 cm³/mol. The summed E-state index contributed by atoms with van der Waals surface area (Å²) in [5.74, 6) is 2.62. The maximum absolute atomic E-state index is 6.27. The summed E-state index contributed by atoms with van der Waals surface area (Å²) in [5, 5.41) is 0. The van der Waals surface area contributed by atoms with Crippen molar-refractivity contribution in [2.75, 3.05) is 0 Å². The molecule has 0 N–H and O–H groups in total. The van der Waals surface area contributed by atoms with Crippen molar-refractivity contribution in [1.82, 2.24) is 0 Å². The molecule has 0 fully saturated rings. The molecule has 0 saturated carbocycles. The monoisotopic (exact) mass is 312 g/mol. The Balaban J connectivity index is 1.71. The average Bonchev–Trinajstić information content (AvgIpc) is 3.23. The third-order valence-electron chi connectivity index (χ3n) is 3.96. The summed E-state index contributed by atoms with van der Waals surface area (Å²) in [6.07, 6.45) is 7.90. The Morgan fingerprint density at radius 2 is 0.955 bits per heavy atom. The van der Waals surface area contributed by atoms with Gasteiger partial charge in [-0.3, -0.25) is 0 Å². The van der Waals surface area contributed by atoms with Crippen LogP contribution in [0.1, 0.15) is 0 Å². The number of rotatable bonds is 1. The van der Waals surface area contributed by atoms with Gasteiger partial charge >= 0.3 is 127 Å². The molecule has 2 aromatic carbocycles. The van der Waals surface area contributed by atoms with Crippen LogP contribution in [0, 0.1) is 0 Å². The molecular weight excluding hydrogens is 299 g/mol. The van der Waals surface area contributed by atoms with Crippen LogP contribution in [-0.2, 0) is 0 Å². The van der Waals surface area contributed by atoms with Crippen molar-refractivity contribution in [3.8, 4) is 23.0 Å². The van der Waals surface area contributed by atoms with Gasteiger partial charge in [0.05, 0.1) is 0 Å². The van der Waals surface area contributed by atoms with Crippen LogP contribution in [0.3, 0.4) is 0 Å². The van der Waals surface area contributed by atoms with Crippen LogP contribution in [0.15, 0.2) is 72.8 Å². The zero-order chi connectivity index (χ0) is 14.6. The Bertz CT molecular complexity index is 717. The third-order valence-corrected chi connectivity index (χ3v) is 7.39. The fourth-order valence-corrected chi connectivity index (χ4v) is 6.46. The first kappa shape index (κ1) is 12.1. The molecule has 0 aromatic heterocycles. The van der Waals surface area contributed by atoms with Gasteiger partial charge in [0.25, 0.3) is 0 Å². The molecule has 0 saturated heterocycles. The summed E-state index contributed by atoms with van der Waals surface area (Å²) in [6.45, 7) is 0. The van der Waals surface area contributed by atoms with E-state index in [4.69, 9.17) is 18.1 Å². The van der Waals surface area contributed by atoms with Crippen LogP contribution in [0.25, 0.3) is 0 Å². The first-order valence-corrected chi connectivity index (χ1v) is 9.10. The number of benzene rings is 2. The van der Waals surface area contributed by atoms with Crippen molar-refractivity contribution < 1.29 is 18.1 Å². The van der Waals surface area contributed by atoms with E-state index in [-0.39, 0.29) is 5.66 Å². The maximum atomic E-state index is 6.27. The Kier molecular flexibility index (Phi) is 2.12. The molecule has 2 heterocycles. The van der Waals surface area contributed by atoms with Gasteiger partial charge in [-0.25, -0.2) is 0 Å². The summed E-state index contributed by atoms with van der Waals surface area (Å²) in [6, 6.07) is 15.1. The van der Waals surface area contributed by atoms with Crippen LogP contribution in [0.5, 0.6) is 23.0 Å². The van der Waals surface area contributed by atoms with E-state index in [1.165, 1.54) is 0 Å². The van der Waals surface area contributed by atoms with Gasteiger partial charge in [-0.1, -0.05) is 0 Å². The molecule has 0 radical (unpaired) electrons. The van der Waals surface area contributed by atoms with Gasteiger partial charge in [0.1, 0.15) is 0 Å². The molecule has 0 bridgehead atoms. The molecule has 22 heavy (non-hydrogen) atoms. The quantitative estimate of drug-likeness (QED) is 0.719. The van der Waals surface area contributed by atoms with Crippen LogP contribution in [-0.4, -0.2) is 5.66 Å². The zero-order valence-corrected chi connectivity index (χ0v) is 12.5. The van der Waals surface area contributed by atoms with Gasteiger partial charge in [0, 0.05) is 0 Å². The van der Waals surface area contributed by atoms with Gasteiger partial charge in [0.15, 0.2) is 0 Å². The number of para-hydroxylation sites is 4. The molecule has 2 aromatic rings. The summed E-state index contributed by atoms with van der Waals surface area (Å²) in [7, 11) is -3.86. The van der Waals surface area contributed by atoms with E-state index in [1.54, 1.807) is 0 Å². The number of fused-ring (bicyclic) bond motifs is 2. The molecule has 3 aliphatic rings. The molecule has 1 spiro atoms. The summed E-state index contributed by atoms with van der Waals surface area (Å²) in [5.41, 5.74) is -0.203. The van der Waals surface area contributed by atoms with Crippen molar-refractivity contribution in [2.24, 2.45) is 0 Å². The summed E-state index contributed by atoms with van der Waals surface area (Å²) < 4.78 is 25.1. The van der Waals surface area contributed by atoms with Crippen LogP contribution in [0.4, 0.5) is 0 Å². The average molecular weight is 312 g/mol. The van der Waals surface area contributed by atoms with E-state index >= 15 is 0 Å². The first-order chi connectivity index (χ1) is 10.8. The summed E-state index contributed by atoms with van der Waals surface area (Å²) >= 11 is 0. The first-order valence-electron chi connectivity index (χ1n) is 7.13. The standard InChI is InChI=1S/C17H13O4P/c1-2-8-13(7-1)22(18-14-9-3-4-10-15(14)19-22)20-16-11-5-6-12-17(16)21-22/h1-13H.